The van der Waals surface area contributed by atoms with Crippen molar-refractivity contribution < 1.29 is 4.79 Å². The van der Waals surface area contributed by atoms with Gasteiger partial charge in [0.25, 0.3) is 0 Å². The van der Waals surface area contributed by atoms with Gasteiger partial charge in [0, 0.05) is 18.9 Å². The maximum Gasteiger partial charge on any atom is 0.171 e. The molecule has 0 saturated carbocycles. The van der Waals surface area contributed by atoms with Crippen molar-refractivity contribution in [3.8, 4) is 0 Å². The van der Waals surface area contributed by atoms with Crippen LogP contribution in [0.4, 0.5) is 0 Å². The number of ketones is 1. The lowest BCUT2D eigenvalue weighted by Crippen LogP contribution is -2.33. The van der Waals surface area contributed by atoms with Crippen molar-refractivity contribution in [3.63, 3.8) is 0 Å². The molecule has 3 nitrogen and oxygen atoms in total. The van der Waals surface area contributed by atoms with Crippen LogP contribution in [0.3, 0.4) is 0 Å². The van der Waals surface area contributed by atoms with Crippen molar-refractivity contribution in [1.82, 2.24) is 9.88 Å². The van der Waals surface area contributed by atoms with Crippen molar-refractivity contribution in [2.45, 2.75) is 59.4 Å². The largest absolute Gasteiger partial charge is 0.296 e. The Labute approximate surface area is 126 Å². The highest BCUT2D eigenvalue weighted by molar-refractivity contribution is 7.13. The van der Waals surface area contributed by atoms with Gasteiger partial charge in [0.15, 0.2) is 5.78 Å². The molecular formula is C16H26N2OS. The zero-order chi connectivity index (χ0) is 14.9. The first-order valence-corrected chi connectivity index (χ1v) is 8.32. The maximum atomic E-state index is 11.8. The summed E-state index contributed by atoms with van der Waals surface area (Å²) >= 11 is 1.59. The maximum absolute atomic E-state index is 11.8. The number of rotatable bonds is 3. The molecule has 1 aromatic heterocycles. The summed E-state index contributed by atoms with van der Waals surface area (Å²) in [5.74, 6) is 0.920. The van der Waals surface area contributed by atoms with Crippen LogP contribution in [0.1, 0.15) is 67.8 Å². The van der Waals surface area contributed by atoms with Crippen LogP contribution in [-0.2, 0) is 12.0 Å². The van der Waals surface area contributed by atoms with Crippen molar-refractivity contribution in [2.24, 2.45) is 5.92 Å². The van der Waals surface area contributed by atoms with E-state index in [4.69, 9.17) is 4.98 Å². The lowest BCUT2D eigenvalue weighted by molar-refractivity contribution is 0.101. The molecule has 1 unspecified atom stereocenters. The van der Waals surface area contributed by atoms with Crippen LogP contribution in [0.2, 0.25) is 0 Å². The summed E-state index contributed by atoms with van der Waals surface area (Å²) in [5.41, 5.74) is 0.903. The van der Waals surface area contributed by atoms with Crippen molar-refractivity contribution in [2.75, 3.05) is 13.1 Å². The average Bonchev–Trinajstić information content (AvgIpc) is 2.73. The number of carbonyl (C=O) groups excluding carboxylic acids is 1. The molecule has 112 valence electrons. The Morgan fingerprint density at radius 2 is 2.15 bits per heavy atom. The molecule has 2 rings (SSSR count). The molecule has 1 aliphatic heterocycles. The van der Waals surface area contributed by atoms with Crippen LogP contribution >= 0.6 is 11.3 Å². The number of aromatic nitrogens is 1. The summed E-state index contributed by atoms with van der Waals surface area (Å²) in [6.45, 7) is 13.5. The summed E-state index contributed by atoms with van der Waals surface area (Å²) in [7, 11) is 0. The van der Waals surface area contributed by atoms with E-state index in [9.17, 15) is 4.79 Å². The van der Waals surface area contributed by atoms with Gasteiger partial charge in [-0.3, -0.25) is 9.69 Å². The second kappa shape index (κ2) is 5.94. The lowest BCUT2D eigenvalue weighted by Gasteiger charge is -2.30. The summed E-state index contributed by atoms with van der Waals surface area (Å²) in [4.78, 5) is 19.9. The van der Waals surface area contributed by atoms with Gasteiger partial charge in [0.1, 0.15) is 5.01 Å². The van der Waals surface area contributed by atoms with Crippen molar-refractivity contribution >= 4 is 17.1 Å². The molecule has 4 heteroatoms. The van der Waals surface area contributed by atoms with Gasteiger partial charge in [-0.15, -0.1) is 11.3 Å². The van der Waals surface area contributed by atoms with Crippen LogP contribution in [-0.4, -0.2) is 28.8 Å². The molecule has 20 heavy (non-hydrogen) atoms. The Balaban J connectivity index is 2.18. The Morgan fingerprint density at radius 3 is 2.65 bits per heavy atom. The Hall–Kier alpha value is -0.740. The van der Waals surface area contributed by atoms with Gasteiger partial charge >= 0.3 is 0 Å². The van der Waals surface area contributed by atoms with E-state index in [-0.39, 0.29) is 11.2 Å². The third-order valence-electron chi connectivity index (χ3n) is 3.80. The van der Waals surface area contributed by atoms with Crippen LogP contribution in [0.15, 0.2) is 0 Å². The number of hydrogen-bond acceptors (Lipinski definition) is 4. The minimum Gasteiger partial charge on any atom is -0.296 e. The summed E-state index contributed by atoms with van der Waals surface area (Å²) in [6.07, 6.45) is 2.61. The molecule has 0 spiro atoms. The van der Waals surface area contributed by atoms with Crippen LogP contribution < -0.4 is 0 Å². The van der Waals surface area contributed by atoms with Crippen LogP contribution in [0, 0.1) is 5.92 Å². The summed E-state index contributed by atoms with van der Waals surface area (Å²) < 4.78 is 0. The molecule has 0 amide bonds. The van der Waals surface area contributed by atoms with Gasteiger partial charge in [-0.1, -0.05) is 27.7 Å². The molecule has 1 atom stereocenters. The van der Waals surface area contributed by atoms with Gasteiger partial charge in [-0.2, -0.15) is 0 Å². The normalized spacial score (nSPS) is 21.1. The van der Waals surface area contributed by atoms with E-state index in [0.717, 1.165) is 41.1 Å². The number of nitrogens with zero attached hydrogens (tertiary/aromatic N) is 2. The first-order valence-electron chi connectivity index (χ1n) is 7.51. The average molecular weight is 294 g/mol. The molecule has 1 saturated heterocycles. The number of hydrogen-bond donors (Lipinski definition) is 0. The van der Waals surface area contributed by atoms with E-state index >= 15 is 0 Å². The molecule has 1 aliphatic rings. The second-order valence-corrected chi connectivity index (χ2v) is 8.16. The molecular weight excluding hydrogens is 268 g/mol. The van der Waals surface area contributed by atoms with Gasteiger partial charge in [0.05, 0.1) is 17.1 Å². The minimum atomic E-state index is -0.0645. The first-order chi connectivity index (χ1) is 9.27. The number of thiazole rings is 1. The minimum absolute atomic E-state index is 0.0645. The molecule has 0 radical (unpaired) electrons. The zero-order valence-corrected chi connectivity index (χ0v) is 14.1. The predicted octanol–water partition coefficient (Wildman–Crippen LogP) is 3.88. The van der Waals surface area contributed by atoms with Crippen LogP contribution in [0.25, 0.3) is 0 Å². The predicted molar refractivity (Wildman–Crippen MR) is 84.5 cm³/mol. The monoisotopic (exact) mass is 294 g/mol. The fourth-order valence-electron chi connectivity index (χ4n) is 2.80. The van der Waals surface area contributed by atoms with Gasteiger partial charge < -0.3 is 0 Å². The van der Waals surface area contributed by atoms with Gasteiger partial charge in [-0.05, 0) is 25.3 Å². The topological polar surface area (TPSA) is 33.2 Å². The van der Waals surface area contributed by atoms with Crippen molar-refractivity contribution in [1.29, 1.82) is 0 Å². The lowest BCUT2D eigenvalue weighted by atomic mass is 9.91. The van der Waals surface area contributed by atoms with Gasteiger partial charge in [0.2, 0.25) is 0 Å². The van der Waals surface area contributed by atoms with E-state index in [1.54, 1.807) is 18.3 Å². The highest BCUT2D eigenvalue weighted by Crippen LogP contribution is 2.31. The SMILES string of the molecule is CC(=O)c1sc(CN2CCCC(C)C2)nc1C(C)(C)C. The fourth-order valence-corrected chi connectivity index (χ4v) is 4.01. The summed E-state index contributed by atoms with van der Waals surface area (Å²) in [6, 6.07) is 0. The van der Waals surface area contributed by atoms with E-state index < -0.39 is 0 Å². The molecule has 0 aliphatic carbocycles. The number of likely N-dealkylation sites (tertiary alicyclic amines) is 1. The van der Waals surface area contributed by atoms with Crippen LogP contribution in [0.5, 0.6) is 0 Å². The Kier molecular flexibility index (Phi) is 4.65. The highest BCUT2D eigenvalue weighted by atomic mass is 32.1. The Bertz CT molecular complexity index is 487. The fraction of sp³-hybridized carbons (Fsp3) is 0.750. The molecule has 1 fully saturated rings. The van der Waals surface area contributed by atoms with E-state index in [1.807, 2.05) is 0 Å². The summed E-state index contributed by atoms with van der Waals surface area (Å²) in [5, 5.41) is 1.09. The third-order valence-corrected chi connectivity index (χ3v) is 4.94. The number of Topliss-reactive ketones (excluding diaryl/α,β-unsaturated/α-hetero) is 1. The van der Waals surface area contributed by atoms with E-state index in [2.05, 4.69) is 32.6 Å². The highest BCUT2D eigenvalue weighted by Gasteiger charge is 2.26. The first kappa shape index (κ1) is 15.6. The third kappa shape index (κ3) is 3.67. The second-order valence-electron chi connectivity index (χ2n) is 7.07. The zero-order valence-electron chi connectivity index (χ0n) is 13.3. The number of piperidine rings is 1. The molecule has 0 aromatic carbocycles. The van der Waals surface area contributed by atoms with E-state index in [0.29, 0.717) is 0 Å². The van der Waals surface area contributed by atoms with Crippen molar-refractivity contribution in [3.05, 3.63) is 15.6 Å². The quantitative estimate of drug-likeness (QED) is 0.793. The smallest absolute Gasteiger partial charge is 0.171 e. The standard InChI is InChI=1S/C16H26N2OS/c1-11-7-6-8-18(9-11)10-13-17-15(16(3,4)5)14(20-13)12(2)19/h11H,6-10H2,1-5H3. The Morgan fingerprint density at radius 1 is 1.45 bits per heavy atom. The number of carbonyl (C=O) groups is 1. The molecule has 2 heterocycles. The molecule has 0 N–H and O–H groups in total. The molecule has 0 bridgehead atoms. The van der Waals surface area contributed by atoms with Gasteiger partial charge in [-0.25, -0.2) is 4.98 Å². The van der Waals surface area contributed by atoms with E-state index in [1.165, 1.54) is 12.8 Å². The molecule has 1 aromatic rings.